The summed E-state index contributed by atoms with van der Waals surface area (Å²) in [4.78, 5) is 27.4. The molecule has 0 saturated heterocycles. The number of amides is 2. The zero-order chi connectivity index (χ0) is 25.5. The van der Waals surface area contributed by atoms with Gasteiger partial charge in [0.25, 0.3) is 0 Å². The van der Waals surface area contributed by atoms with Gasteiger partial charge >= 0.3 is 0 Å². The molecule has 8 nitrogen and oxygen atoms in total. The molecule has 0 fully saturated rings. The third-order valence-corrected chi connectivity index (χ3v) is 6.83. The van der Waals surface area contributed by atoms with Crippen LogP contribution in [-0.2, 0) is 26.2 Å². The van der Waals surface area contributed by atoms with Gasteiger partial charge in [-0.05, 0) is 50.6 Å². The number of benzene rings is 2. The van der Waals surface area contributed by atoms with Crippen LogP contribution in [0.3, 0.4) is 0 Å². The molecule has 0 saturated carbocycles. The number of halogens is 2. The number of para-hydroxylation sites is 2. The van der Waals surface area contributed by atoms with E-state index in [2.05, 4.69) is 5.32 Å². The van der Waals surface area contributed by atoms with Crippen LogP contribution >= 0.6 is 23.2 Å². The summed E-state index contributed by atoms with van der Waals surface area (Å²) >= 11 is 12.1. The Morgan fingerprint density at radius 2 is 1.76 bits per heavy atom. The lowest BCUT2D eigenvalue weighted by Gasteiger charge is -2.31. The van der Waals surface area contributed by atoms with E-state index in [1.807, 2.05) is 0 Å². The number of carbonyl (C=O) groups is 2. The van der Waals surface area contributed by atoms with Gasteiger partial charge in [0.15, 0.2) is 0 Å². The van der Waals surface area contributed by atoms with Gasteiger partial charge in [0.05, 0.1) is 28.6 Å². The van der Waals surface area contributed by atoms with Gasteiger partial charge in [-0.1, -0.05) is 41.4 Å². The van der Waals surface area contributed by atoms with Crippen LogP contribution in [0.15, 0.2) is 42.5 Å². The van der Waals surface area contributed by atoms with Crippen molar-refractivity contribution < 1.29 is 22.7 Å². The monoisotopic (exact) mass is 529 g/mol. The first-order chi connectivity index (χ1) is 16.0. The smallest absolute Gasteiger partial charge is 0.244 e. The molecule has 0 radical (unpaired) electrons. The number of anilines is 1. The van der Waals surface area contributed by atoms with Gasteiger partial charge < -0.3 is 15.0 Å². The number of sulfonamides is 1. The minimum atomic E-state index is -3.86. The SMILES string of the molecule is CCNC(=O)C(C)N(Cc1ccc(Cl)c(Cl)c1)C(=O)CN(c1ccccc1OCC)S(C)(=O)=O. The highest BCUT2D eigenvalue weighted by Gasteiger charge is 2.31. The zero-order valence-electron chi connectivity index (χ0n) is 19.5. The highest BCUT2D eigenvalue weighted by molar-refractivity contribution is 7.92. The van der Waals surface area contributed by atoms with Crippen molar-refractivity contribution in [3.05, 3.63) is 58.1 Å². The Morgan fingerprint density at radius 1 is 1.09 bits per heavy atom. The first-order valence-electron chi connectivity index (χ1n) is 10.7. The Hall–Kier alpha value is -2.49. The largest absolute Gasteiger partial charge is 0.492 e. The Labute approximate surface area is 210 Å². The van der Waals surface area contributed by atoms with Crippen LogP contribution in [0.2, 0.25) is 10.0 Å². The van der Waals surface area contributed by atoms with Crippen LogP contribution in [0, 0.1) is 0 Å². The third-order valence-electron chi connectivity index (χ3n) is 4.97. The maximum atomic E-state index is 13.5. The Morgan fingerprint density at radius 3 is 2.35 bits per heavy atom. The Balaban J connectivity index is 2.45. The number of hydrogen-bond acceptors (Lipinski definition) is 5. The highest BCUT2D eigenvalue weighted by Crippen LogP contribution is 2.30. The van der Waals surface area contributed by atoms with E-state index in [0.717, 1.165) is 10.6 Å². The van der Waals surface area contributed by atoms with E-state index >= 15 is 0 Å². The van der Waals surface area contributed by atoms with Crippen LogP contribution in [0.25, 0.3) is 0 Å². The van der Waals surface area contributed by atoms with Gasteiger partial charge in [0.1, 0.15) is 18.3 Å². The molecule has 0 aromatic heterocycles. The van der Waals surface area contributed by atoms with Crippen molar-refractivity contribution in [2.24, 2.45) is 0 Å². The molecule has 1 N–H and O–H groups in total. The summed E-state index contributed by atoms with van der Waals surface area (Å²) in [5, 5.41) is 3.36. The lowest BCUT2D eigenvalue weighted by molar-refractivity contribution is -0.139. The van der Waals surface area contributed by atoms with Crippen LogP contribution in [0.1, 0.15) is 26.3 Å². The Kier molecular flexibility index (Phi) is 10.0. The summed E-state index contributed by atoms with van der Waals surface area (Å²) < 4.78 is 31.9. The van der Waals surface area contributed by atoms with E-state index in [1.165, 1.54) is 4.90 Å². The molecular weight excluding hydrogens is 501 g/mol. The Bertz CT molecular complexity index is 1130. The zero-order valence-corrected chi connectivity index (χ0v) is 21.9. The number of nitrogens with one attached hydrogen (secondary N) is 1. The van der Waals surface area contributed by atoms with E-state index in [-0.39, 0.29) is 18.1 Å². The van der Waals surface area contributed by atoms with Crippen LogP contribution in [0.4, 0.5) is 5.69 Å². The maximum Gasteiger partial charge on any atom is 0.244 e. The van der Waals surface area contributed by atoms with Gasteiger partial charge in [0.2, 0.25) is 21.8 Å². The summed E-state index contributed by atoms with van der Waals surface area (Å²) in [6.45, 7) is 5.34. The van der Waals surface area contributed by atoms with Gasteiger partial charge in [-0.25, -0.2) is 8.42 Å². The number of nitrogens with zero attached hydrogens (tertiary/aromatic N) is 2. The predicted octanol–water partition coefficient (Wildman–Crippen LogP) is 3.71. The number of hydrogen-bond donors (Lipinski definition) is 1. The lowest BCUT2D eigenvalue weighted by atomic mass is 10.1. The topological polar surface area (TPSA) is 96.0 Å². The number of carbonyl (C=O) groups excluding carboxylic acids is 2. The third kappa shape index (κ3) is 7.25. The number of rotatable bonds is 11. The van der Waals surface area contributed by atoms with E-state index in [9.17, 15) is 18.0 Å². The molecule has 0 aliphatic heterocycles. The summed E-state index contributed by atoms with van der Waals surface area (Å²) in [5.74, 6) is -0.603. The summed E-state index contributed by atoms with van der Waals surface area (Å²) in [7, 11) is -3.86. The second kappa shape index (κ2) is 12.3. The summed E-state index contributed by atoms with van der Waals surface area (Å²) in [6, 6.07) is 10.6. The molecule has 1 unspecified atom stereocenters. The molecule has 186 valence electrons. The first kappa shape index (κ1) is 27.8. The van der Waals surface area contributed by atoms with Crippen molar-refractivity contribution in [3.63, 3.8) is 0 Å². The molecule has 2 amide bonds. The van der Waals surface area contributed by atoms with Crippen LogP contribution in [-0.4, -0.2) is 57.1 Å². The maximum absolute atomic E-state index is 13.5. The normalized spacial score (nSPS) is 12.1. The van der Waals surface area contributed by atoms with E-state index in [0.29, 0.717) is 34.5 Å². The van der Waals surface area contributed by atoms with E-state index in [1.54, 1.807) is 63.2 Å². The van der Waals surface area contributed by atoms with Gasteiger partial charge in [-0.15, -0.1) is 0 Å². The molecule has 2 aromatic carbocycles. The lowest BCUT2D eigenvalue weighted by Crippen LogP contribution is -2.51. The molecule has 0 bridgehead atoms. The predicted molar refractivity (Wildman–Crippen MR) is 135 cm³/mol. The molecule has 0 heterocycles. The second-order valence-electron chi connectivity index (χ2n) is 7.51. The van der Waals surface area contributed by atoms with Gasteiger partial charge in [-0.3, -0.25) is 13.9 Å². The fourth-order valence-corrected chi connectivity index (χ4v) is 4.45. The fraction of sp³-hybridized carbons (Fsp3) is 0.391. The number of ether oxygens (including phenoxy) is 1. The van der Waals surface area contributed by atoms with Gasteiger partial charge in [-0.2, -0.15) is 0 Å². The molecule has 11 heteroatoms. The van der Waals surface area contributed by atoms with Crippen LogP contribution < -0.4 is 14.4 Å². The van der Waals surface area contributed by atoms with E-state index in [4.69, 9.17) is 27.9 Å². The molecule has 34 heavy (non-hydrogen) atoms. The molecular formula is C23H29Cl2N3O5S. The quantitative estimate of drug-likeness (QED) is 0.478. The van der Waals surface area contributed by atoms with Crippen molar-refractivity contribution in [3.8, 4) is 5.75 Å². The molecule has 2 aromatic rings. The highest BCUT2D eigenvalue weighted by atomic mass is 35.5. The summed E-state index contributed by atoms with van der Waals surface area (Å²) in [6.07, 6.45) is 1.01. The van der Waals surface area contributed by atoms with E-state index < -0.39 is 28.5 Å². The van der Waals surface area contributed by atoms with Crippen molar-refractivity contribution >= 4 is 50.7 Å². The van der Waals surface area contributed by atoms with Gasteiger partial charge in [0, 0.05) is 13.1 Å². The number of likely N-dealkylation sites (N-methyl/N-ethyl adjacent to an activating group) is 1. The van der Waals surface area contributed by atoms with Crippen LogP contribution in [0.5, 0.6) is 5.75 Å². The molecule has 0 aliphatic rings. The van der Waals surface area contributed by atoms with Crippen molar-refractivity contribution in [1.82, 2.24) is 10.2 Å². The average Bonchev–Trinajstić information content (AvgIpc) is 2.77. The minimum absolute atomic E-state index is 0.0265. The standard InChI is InChI=1S/C23H29Cl2N3O5S/c1-5-26-23(30)16(3)27(14-17-11-12-18(24)19(25)13-17)22(29)15-28(34(4,31)32)20-9-7-8-10-21(20)33-6-2/h7-13,16H,5-6,14-15H2,1-4H3,(H,26,30). The molecule has 2 rings (SSSR count). The van der Waals surface area contributed by atoms with Crippen molar-refractivity contribution in [2.45, 2.75) is 33.4 Å². The van der Waals surface area contributed by atoms with Crippen molar-refractivity contribution in [1.29, 1.82) is 0 Å². The minimum Gasteiger partial charge on any atom is -0.492 e. The first-order valence-corrected chi connectivity index (χ1v) is 13.3. The average molecular weight is 530 g/mol. The molecule has 0 spiro atoms. The van der Waals surface area contributed by atoms with Crippen molar-refractivity contribution in [2.75, 3.05) is 30.3 Å². The molecule has 1 atom stereocenters. The second-order valence-corrected chi connectivity index (χ2v) is 10.2. The molecule has 0 aliphatic carbocycles. The summed E-state index contributed by atoms with van der Waals surface area (Å²) in [5.41, 5.74) is 0.875. The fourth-order valence-electron chi connectivity index (χ4n) is 3.27.